The predicted octanol–water partition coefficient (Wildman–Crippen LogP) is 6.28. The lowest BCUT2D eigenvalue weighted by atomic mass is 9.77. The number of aryl methyl sites for hydroxylation is 1. The second-order valence-electron chi connectivity index (χ2n) is 8.08. The Balaban J connectivity index is 1.45. The quantitative estimate of drug-likeness (QED) is 0.542. The molecule has 28 heavy (non-hydrogen) atoms. The highest BCUT2D eigenvalue weighted by molar-refractivity contribution is 5.59. The minimum absolute atomic E-state index is 0.286. The molecule has 1 saturated carbocycles. The molecule has 0 amide bonds. The summed E-state index contributed by atoms with van der Waals surface area (Å²) >= 11 is 0. The maximum absolute atomic E-state index is 14.2. The average Bonchev–Trinajstić information content (AvgIpc) is 2.77. The van der Waals surface area contributed by atoms with Gasteiger partial charge >= 0.3 is 0 Å². The van der Waals surface area contributed by atoms with Crippen LogP contribution in [0, 0.1) is 23.2 Å². The minimum Gasteiger partial charge on any atom is -0.247 e. The predicted molar refractivity (Wildman–Crippen MR) is 110 cm³/mol. The third-order valence-corrected chi connectivity index (χ3v) is 6.07. The molecular weight excluding hydrogens is 349 g/mol. The van der Waals surface area contributed by atoms with Crippen molar-refractivity contribution in [2.45, 2.75) is 70.9 Å². The van der Waals surface area contributed by atoms with Crippen LogP contribution in [0.25, 0.3) is 11.3 Å². The number of nitrogens with zero attached hydrogens (tertiary/aromatic N) is 3. The minimum atomic E-state index is -0.596. The van der Waals surface area contributed by atoms with Gasteiger partial charge in [-0.25, -0.2) is 4.39 Å². The van der Waals surface area contributed by atoms with Gasteiger partial charge < -0.3 is 0 Å². The molecule has 0 spiro atoms. The fourth-order valence-electron chi connectivity index (χ4n) is 4.19. The highest BCUT2D eigenvalue weighted by atomic mass is 19.1. The van der Waals surface area contributed by atoms with Crippen molar-refractivity contribution in [2.75, 3.05) is 0 Å². The molecule has 1 heterocycles. The molecule has 0 aliphatic heterocycles. The first-order chi connectivity index (χ1) is 13.7. The normalized spacial score (nSPS) is 20.5. The van der Waals surface area contributed by atoms with E-state index in [2.05, 4.69) is 29.3 Å². The summed E-state index contributed by atoms with van der Waals surface area (Å²) in [6.07, 6.45) is 8.67. The molecule has 0 radical (unpaired) electrons. The molecule has 1 aromatic carbocycles. The SMILES string of the molecule is CCCCC(F)C1CCC(CCc2ccc(-c3ccc(C#N)cc3)nn2)CC1. The maximum Gasteiger partial charge on any atom is 0.103 e. The van der Waals surface area contributed by atoms with Crippen molar-refractivity contribution in [1.82, 2.24) is 10.2 Å². The van der Waals surface area contributed by atoms with E-state index in [4.69, 9.17) is 5.26 Å². The van der Waals surface area contributed by atoms with E-state index in [1.807, 2.05) is 18.2 Å². The molecule has 1 aromatic heterocycles. The van der Waals surface area contributed by atoms with Crippen molar-refractivity contribution in [2.24, 2.45) is 11.8 Å². The largest absolute Gasteiger partial charge is 0.247 e. The molecule has 1 aliphatic carbocycles. The molecule has 148 valence electrons. The van der Waals surface area contributed by atoms with E-state index in [0.717, 1.165) is 74.7 Å². The summed E-state index contributed by atoms with van der Waals surface area (Å²) in [6, 6.07) is 13.6. The van der Waals surface area contributed by atoms with E-state index in [9.17, 15) is 4.39 Å². The Morgan fingerprint density at radius 2 is 1.82 bits per heavy atom. The van der Waals surface area contributed by atoms with Crippen molar-refractivity contribution in [3.05, 3.63) is 47.7 Å². The summed E-state index contributed by atoms with van der Waals surface area (Å²) in [5, 5.41) is 17.6. The third kappa shape index (κ3) is 5.61. The number of hydrogen-bond donors (Lipinski definition) is 0. The molecule has 1 unspecified atom stereocenters. The van der Waals surface area contributed by atoms with Crippen LogP contribution >= 0.6 is 0 Å². The van der Waals surface area contributed by atoms with Gasteiger partial charge in [0.25, 0.3) is 0 Å². The summed E-state index contributed by atoms with van der Waals surface area (Å²) < 4.78 is 14.2. The van der Waals surface area contributed by atoms with Crippen LogP contribution in [0.1, 0.15) is 69.5 Å². The van der Waals surface area contributed by atoms with Gasteiger partial charge in [-0.15, -0.1) is 0 Å². The molecule has 0 bridgehead atoms. The van der Waals surface area contributed by atoms with Crippen LogP contribution in [0.4, 0.5) is 4.39 Å². The third-order valence-electron chi connectivity index (χ3n) is 6.07. The molecule has 1 fully saturated rings. The Labute approximate surface area is 168 Å². The summed E-state index contributed by atoms with van der Waals surface area (Å²) in [5.41, 5.74) is 3.47. The van der Waals surface area contributed by atoms with Gasteiger partial charge in [0, 0.05) is 5.56 Å². The van der Waals surface area contributed by atoms with Gasteiger partial charge in [-0.05, 0) is 68.2 Å². The zero-order valence-electron chi connectivity index (χ0n) is 16.8. The van der Waals surface area contributed by atoms with E-state index in [1.165, 1.54) is 0 Å². The van der Waals surface area contributed by atoms with E-state index in [1.54, 1.807) is 12.1 Å². The topological polar surface area (TPSA) is 49.6 Å². The van der Waals surface area contributed by atoms with Crippen LogP contribution in [0.15, 0.2) is 36.4 Å². The smallest absolute Gasteiger partial charge is 0.103 e. The number of halogens is 1. The van der Waals surface area contributed by atoms with Crippen LogP contribution in [-0.4, -0.2) is 16.4 Å². The summed E-state index contributed by atoms with van der Waals surface area (Å²) in [5.74, 6) is 0.976. The van der Waals surface area contributed by atoms with E-state index in [0.29, 0.717) is 11.5 Å². The van der Waals surface area contributed by atoms with Gasteiger partial charge in [-0.2, -0.15) is 15.5 Å². The molecule has 3 nitrogen and oxygen atoms in total. The first-order valence-electron chi connectivity index (χ1n) is 10.7. The summed E-state index contributed by atoms with van der Waals surface area (Å²) in [4.78, 5) is 0. The zero-order chi connectivity index (χ0) is 19.8. The maximum atomic E-state index is 14.2. The monoisotopic (exact) mass is 379 g/mol. The fraction of sp³-hybridized carbons (Fsp3) is 0.542. The molecule has 1 atom stereocenters. The highest BCUT2D eigenvalue weighted by Gasteiger charge is 2.27. The van der Waals surface area contributed by atoms with Crippen LogP contribution in [0.2, 0.25) is 0 Å². The zero-order valence-corrected chi connectivity index (χ0v) is 16.8. The molecule has 3 rings (SSSR count). The number of nitriles is 1. The Morgan fingerprint density at radius 3 is 2.43 bits per heavy atom. The van der Waals surface area contributed by atoms with Gasteiger partial charge in [0.05, 0.1) is 23.0 Å². The molecule has 2 aromatic rings. The molecule has 1 aliphatic rings. The van der Waals surface area contributed by atoms with Gasteiger partial charge in [0.2, 0.25) is 0 Å². The molecule has 4 heteroatoms. The number of unbranched alkanes of at least 4 members (excludes halogenated alkanes) is 1. The standard InChI is InChI=1S/C24H30FN3/c1-2-3-4-23(25)20-10-5-18(6-11-20)9-14-22-15-16-24(28-27-22)21-12-7-19(17-26)8-13-21/h7-8,12-13,15-16,18,20,23H,2-6,9-11,14H2,1H3. The Bertz CT molecular complexity index is 756. The van der Waals surface area contributed by atoms with Gasteiger partial charge in [-0.1, -0.05) is 44.7 Å². The van der Waals surface area contributed by atoms with Crippen LogP contribution < -0.4 is 0 Å². The van der Waals surface area contributed by atoms with Gasteiger partial charge in [-0.3, -0.25) is 0 Å². The van der Waals surface area contributed by atoms with E-state index >= 15 is 0 Å². The van der Waals surface area contributed by atoms with Crippen LogP contribution in [0.3, 0.4) is 0 Å². The lowest BCUT2D eigenvalue weighted by Gasteiger charge is -2.30. The first kappa shape index (κ1) is 20.5. The Hall–Kier alpha value is -2.28. The summed E-state index contributed by atoms with van der Waals surface area (Å²) in [6.45, 7) is 2.13. The molecule has 0 saturated heterocycles. The second-order valence-corrected chi connectivity index (χ2v) is 8.08. The van der Waals surface area contributed by atoms with Crippen molar-refractivity contribution >= 4 is 0 Å². The van der Waals surface area contributed by atoms with Crippen molar-refractivity contribution in [1.29, 1.82) is 5.26 Å². The van der Waals surface area contributed by atoms with Crippen LogP contribution in [0.5, 0.6) is 0 Å². The van der Waals surface area contributed by atoms with Crippen molar-refractivity contribution in [3.63, 3.8) is 0 Å². The number of rotatable bonds is 8. The lowest BCUT2D eigenvalue weighted by molar-refractivity contribution is 0.143. The molecular formula is C24H30FN3. The number of benzene rings is 1. The van der Waals surface area contributed by atoms with Gasteiger partial charge in [0.1, 0.15) is 6.17 Å². The number of hydrogen-bond acceptors (Lipinski definition) is 3. The van der Waals surface area contributed by atoms with E-state index in [-0.39, 0.29) is 5.92 Å². The van der Waals surface area contributed by atoms with E-state index < -0.39 is 6.17 Å². The Morgan fingerprint density at radius 1 is 1.07 bits per heavy atom. The molecule has 0 N–H and O–H groups in total. The van der Waals surface area contributed by atoms with Crippen molar-refractivity contribution < 1.29 is 4.39 Å². The fourth-order valence-corrected chi connectivity index (χ4v) is 4.19. The Kier molecular flexibility index (Phi) is 7.54. The van der Waals surface area contributed by atoms with Crippen molar-refractivity contribution in [3.8, 4) is 17.3 Å². The van der Waals surface area contributed by atoms with Crippen LogP contribution in [-0.2, 0) is 6.42 Å². The highest BCUT2D eigenvalue weighted by Crippen LogP contribution is 2.35. The lowest BCUT2D eigenvalue weighted by Crippen LogP contribution is -2.23. The average molecular weight is 380 g/mol. The van der Waals surface area contributed by atoms with Gasteiger partial charge in [0.15, 0.2) is 0 Å². The number of aromatic nitrogens is 2. The number of alkyl halides is 1. The second kappa shape index (κ2) is 10.3. The summed E-state index contributed by atoms with van der Waals surface area (Å²) in [7, 11) is 0. The first-order valence-corrected chi connectivity index (χ1v) is 10.7.